The van der Waals surface area contributed by atoms with Crippen LogP contribution >= 0.6 is 0 Å². The number of nitrogens with zero attached hydrogens (tertiary/aromatic N) is 1. The van der Waals surface area contributed by atoms with Gasteiger partial charge >= 0.3 is 0 Å². The zero-order chi connectivity index (χ0) is 24.4. The summed E-state index contributed by atoms with van der Waals surface area (Å²) in [7, 11) is -1.09. The number of carbonyl (C=O) groups is 1. The van der Waals surface area contributed by atoms with Crippen molar-refractivity contribution in [1.82, 2.24) is 5.32 Å². The number of benzene rings is 2. The number of hydrogen-bond acceptors (Lipinski definition) is 5. The van der Waals surface area contributed by atoms with Crippen molar-refractivity contribution >= 4 is 21.6 Å². The van der Waals surface area contributed by atoms with Gasteiger partial charge in [0.25, 0.3) is 10.0 Å². The minimum absolute atomic E-state index is 0.0974. The van der Waals surface area contributed by atoms with Crippen LogP contribution in [0.15, 0.2) is 47.4 Å². The number of aryl methyl sites for hydroxylation is 1. The molecule has 1 atom stereocenters. The van der Waals surface area contributed by atoms with Gasteiger partial charge in [-0.2, -0.15) is 0 Å². The van der Waals surface area contributed by atoms with Gasteiger partial charge in [-0.1, -0.05) is 50.8 Å². The molecule has 0 saturated heterocycles. The number of anilines is 1. The molecule has 2 rings (SSSR count). The molecule has 0 heterocycles. The summed E-state index contributed by atoms with van der Waals surface area (Å²) in [5.41, 5.74) is 1.18. The molecule has 0 fully saturated rings. The highest BCUT2D eigenvalue weighted by Gasteiger charge is 2.30. The number of carbonyl (C=O) groups excluding carboxylic acids is 1. The summed E-state index contributed by atoms with van der Waals surface area (Å²) in [4.78, 5) is 13.0. The van der Waals surface area contributed by atoms with Crippen molar-refractivity contribution in [2.75, 3.05) is 31.6 Å². The van der Waals surface area contributed by atoms with Crippen LogP contribution in [-0.4, -0.2) is 41.6 Å². The molecule has 0 spiro atoms. The van der Waals surface area contributed by atoms with Crippen molar-refractivity contribution in [3.05, 3.63) is 48.0 Å². The monoisotopic (exact) mass is 476 g/mol. The smallest absolute Gasteiger partial charge is 0.264 e. The first-order valence-electron chi connectivity index (χ1n) is 11.3. The number of sulfonamides is 1. The Kier molecular flexibility index (Phi) is 10.0. The van der Waals surface area contributed by atoms with E-state index in [4.69, 9.17) is 9.47 Å². The number of hydrogen-bond donors (Lipinski definition) is 1. The Labute approximate surface area is 198 Å². The zero-order valence-corrected chi connectivity index (χ0v) is 21.1. The van der Waals surface area contributed by atoms with E-state index in [1.54, 1.807) is 42.5 Å². The van der Waals surface area contributed by atoms with Crippen molar-refractivity contribution in [3.8, 4) is 11.5 Å². The topological polar surface area (TPSA) is 84.9 Å². The minimum atomic E-state index is -4.04. The van der Waals surface area contributed by atoms with E-state index in [0.29, 0.717) is 24.0 Å². The third-order valence-corrected chi connectivity index (χ3v) is 7.46. The largest absolute Gasteiger partial charge is 0.497 e. The van der Waals surface area contributed by atoms with E-state index in [0.717, 1.165) is 35.6 Å². The SMILES string of the molecule is CCCC[C@@H](CC)CNC(=O)CN(c1cc(OC)ccc1OC)S(=O)(=O)c1ccc(C)cc1. The van der Waals surface area contributed by atoms with Gasteiger partial charge in [0, 0.05) is 12.6 Å². The zero-order valence-electron chi connectivity index (χ0n) is 20.3. The van der Waals surface area contributed by atoms with Gasteiger partial charge in [0.2, 0.25) is 5.91 Å². The molecule has 0 aromatic heterocycles. The van der Waals surface area contributed by atoms with Gasteiger partial charge in [0.05, 0.1) is 24.8 Å². The fourth-order valence-electron chi connectivity index (χ4n) is 3.52. The van der Waals surface area contributed by atoms with E-state index in [2.05, 4.69) is 19.2 Å². The van der Waals surface area contributed by atoms with E-state index >= 15 is 0 Å². The van der Waals surface area contributed by atoms with E-state index in [-0.39, 0.29) is 23.0 Å². The van der Waals surface area contributed by atoms with Crippen LogP contribution in [0.5, 0.6) is 11.5 Å². The molecular formula is C25H36N2O5S. The highest BCUT2D eigenvalue weighted by molar-refractivity contribution is 7.92. The van der Waals surface area contributed by atoms with Crippen molar-refractivity contribution in [2.45, 2.75) is 51.3 Å². The number of methoxy groups -OCH3 is 2. The Morgan fingerprint density at radius 1 is 1.06 bits per heavy atom. The van der Waals surface area contributed by atoms with Gasteiger partial charge in [-0.05, 0) is 43.5 Å². The second-order valence-corrected chi connectivity index (χ2v) is 9.95. The first kappa shape index (κ1) is 26.5. The van der Waals surface area contributed by atoms with Crippen LogP contribution in [0.1, 0.15) is 45.1 Å². The summed E-state index contributed by atoms with van der Waals surface area (Å²) >= 11 is 0. The van der Waals surface area contributed by atoms with Gasteiger partial charge in [-0.15, -0.1) is 0 Å². The molecule has 1 amide bonds. The lowest BCUT2D eigenvalue weighted by molar-refractivity contribution is -0.119. The molecule has 0 radical (unpaired) electrons. The predicted molar refractivity (Wildman–Crippen MR) is 132 cm³/mol. The fourth-order valence-corrected chi connectivity index (χ4v) is 4.94. The van der Waals surface area contributed by atoms with Crippen molar-refractivity contribution in [3.63, 3.8) is 0 Å². The lowest BCUT2D eigenvalue weighted by Crippen LogP contribution is -2.42. The van der Waals surface area contributed by atoms with Crippen molar-refractivity contribution in [2.24, 2.45) is 5.92 Å². The van der Waals surface area contributed by atoms with Crippen LogP contribution in [0.3, 0.4) is 0 Å². The average Bonchev–Trinajstić information content (AvgIpc) is 2.82. The molecule has 0 bridgehead atoms. The number of rotatable bonds is 13. The van der Waals surface area contributed by atoms with Crippen molar-refractivity contribution < 1.29 is 22.7 Å². The summed E-state index contributed by atoms with van der Waals surface area (Å²) in [5, 5.41) is 2.92. The maximum Gasteiger partial charge on any atom is 0.264 e. The van der Waals surface area contributed by atoms with Crippen LogP contribution in [0.4, 0.5) is 5.69 Å². The molecule has 0 unspecified atom stereocenters. The first-order valence-corrected chi connectivity index (χ1v) is 12.8. The number of amides is 1. The normalized spacial score (nSPS) is 12.2. The van der Waals surface area contributed by atoms with Crippen LogP contribution in [0.25, 0.3) is 0 Å². The van der Waals surface area contributed by atoms with Crippen LogP contribution in [0, 0.1) is 12.8 Å². The summed E-state index contributed by atoms with van der Waals surface area (Å²) < 4.78 is 39.1. The van der Waals surface area contributed by atoms with E-state index in [1.165, 1.54) is 14.2 Å². The molecule has 7 nitrogen and oxygen atoms in total. The Bertz CT molecular complexity index is 1010. The van der Waals surface area contributed by atoms with Gasteiger partial charge in [-0.25, -0.2) is 8.42 Å². The molecule has 1 N–H and O–H groups in total. The molecule has 2 aromatic rings. The molecule has 182 valence electrons. The van der Waals surface area contributed by atoms with E-state index in [9.17, 15) is 13.2 Å². The Balaban J connectivity index is 2.40. The average molecular weight is 477 g/mol. The molecule has 33 heavy (non-hydrogen) atoms. The standard InChI is InChI=1S/C25H36N2O5S/c1-6-8-9-20(7-2)17-26-25(28)18-27(23-16-21(31-4)12-15-24(23)32-5)33(29,30)22-13-10-19(3)11-14-22/h10-16,20H,6-9,17-18H2,1-5H3,(H,26,28)/t20-/m1/s1. The quantitative estimate of drug-likeness (QED) is 0.459. The van der Waals surface area contributed by atoms with Gasteiger partial charge in [0.15, 0.2) is 0 Å². The molecule has 0 aliphatic heterocycles. The van der Waals surface area contributed by atoms with Crippen LogP contribution in [0.2, 0.25) is 0 Å². The number of nitrogens with one attached hydrogen (secondary N) is 1. The van der Waals surface area contributed by atoms with E-state index < -0.39 is 10.0 Å². The Morgan fingerprint density at radius 2 is 1.76 bits per heavy atom. The number of unbranched alkanes of at least 4 members (excludes halogenated alkanes) is 1. The summed E-state index contributed by atoms with van der Waals surface area (Å²) in [5.74, 6) is 0.780. The summed E-state index contributed by atoms with van der Waals surface area (Å²) in [6.07, 6.45) is 4.18. The fraction of sp³-hybridized carbons (Fsp3) is 0.480. The molecular weight excluding hydrogens is 440 g/mol. The van der Waals surface area contributed by atoms with Gasteiger partial charge in [-0.3, -0.25) is 9.10 Å². The summed E-state index contributed by atoms with van der Waals surface area (Å²) in [6.45, 7) is 6.27. The molecule has 0 aliphatic carbocycles. The van der Waals surface area contributed by atoms with Gasteiger partial charge in [0.1, 0.15) is 18.0 Å². The Morgan fingerprint density at radius 3 is 2.33 bits per heavy atom. The highest BCUT2D eigenvalue weighted by Crippen LogP contribution is 2.35. The van der Waals surface area contributed by atoms with Crippen LogP contribution in [-0.2, 0) is 14.8 Å². The third-order valence-electron chi connectivity index (χ3n) is 5.68. The molecule has 0 aliphatic rings. The Hall–Kier alpha value is -2.74. The van der Waals surface area contributed by atoms with E-state index in [1.807, 2.05) is 6.92 Å². The molecule has 0 saturated carbocycles. The first-order chi connectivity index (χ1) is 15.8. The second-order valence-electron chi connectivity index (χ2n) is 8.08. The highest BCUT2D eigenvalue weighted by atomic mass is 32.2. The second kappa shape index (κ2) is 12.5. The summed E-state index contributed by atoms with van der Waals surface area (Å²) in [6, 6.07) is 11.4. The van der Waals surface area contributed by atoms with Crippen LogP contribution < -0.4 is 19.1 Å². The lowest BCUT2D eigenvalue weighted by atomic mass is 9.99. The molecule has 8 heteroatoms. The molecule has 2 aromatic carbocycles. The minimum Gasteiger partial charge on any atom is -0.497 e. The predicted octanol–water partition coefficient (Wildman–Crippen LogP) is 4.54. The van der Waals surface area contributed by atoms with Gasteiger partial charge < -0.3 is 14.8 Å². The maximum absolute atomic E-state index is 13.6. The third kappa shape index (κ3) is 7.12. The number of ether oxygens (including phenoxy) is 2. The maximum atomic E-state index is 13.6. The lowest BCUT2D eigenvalue weighted by Gasteiger charge is -2.26. The van der Waals surface area contributed by atoms with Crippen molar-refractivity contribution in [1.29, 1.82) is 0 Å².